The van der Waals surface area contributed by atoms with Crippen molar-refractivity contribution in [3.8, 4) is 0 Å². The van der Waals surface area contributed by atoms with Crippen LogP contribution in [0.25, 0.3) is 0 Å². The summed E-state index contributed by atoms with van der Waals surface area (Å²) in [5.74, 6) is -0.397. The Bertz CT molecular complexity index is 295. The van der Waals surface area contributed by atoms with Crippen LogP contribution >= 0.6 is 0 Å². The van der Waals surface area contributed by atoms with E-state index in [0.717, 1.165) is 18.7 Å². The lowest BCUT2D eigenvalue weighted by molar-refractivity contribution is -0.119. The van der Waals surface area contributed by atoms with E-state index in [0.29, 0.717) is 13.0 Å². The van der Waals surface area contributed by atoms with Crippen LogP contribution in [0.2, 0.25) is 0 Å². The van der Waals surface area contributed by atoms with E-state index in [2.05, 4.69) is 11.5 Å². The number of likely N-dealkylation sites (N-methyl/N-ethyl adjacent to an activating group) is 1. The number of halogens is 1. The highest BCUT2D eigenvalue weighted by molar-refractivity contribution is 5.76. The van der Waals surface area contributed by atoms with E-state index in [4.69, 9.17) is 5.73 Å². The van der Waals surface area contributed by atoms with E-state index in [-0.39, 0.29) is 12.6 Å². The first-order chi connectivity index (χ1) is 7.88. The van der Waals surface area contributed by atoms with Crippen molar-refractivity contribution < 1.29 is 9.18 Å². The molecule has 0 saturated carbocycles. The molecule has 2 atom stereocenters. The fourth-order valence-corrected chi connectivity index (χ4v) is 2.39. The van der Waals surface area contributed by atoms with Gasteiger partial charge in [0.05, 0.1) is 6.54 Å². The molecule has 98 valence electrons. The van der Waals surface area contributed by atoms with Crippen molar-refractivity contribution in [3.05, 3.63) is 12.2 Å². The van der Waals surface area contributed by atoms with Gasteiger partial charge in [-0.05, 0) is 20.4 Å². The number of alkyl halides is 1. The molecule has 1 amide bonds. The number of amides is 1. The van der Waals surface area contributed by atoms with E-state index in [9.17, 15) is 9.18 Å². The molecule has 17 heavy (non-hydrogen) atoms. The molecule has 0 aromatic rings. The predicted octanol–water partition coefficient (Wildman–Crippen LogP) is 0.392. The van der Waals surface area contributed by atoms with Crippen LogP contribution < -0.4 is 5.73 Å². The smallest absolute Gasteiger partial charge is 0.231 e. The number of hydrogen-bond acceptors (Lipinski definition) is 3. The minimum absolute atomic E-state index is 0.0712. The number of rotatable bonds is 6. The van der Waals surface area contributed by atoms with Gasteiger partial charge in [-0.2, -0.15) is 0 Å². The number of likely N-dealkylation sites (tertiary alicyclic amines) is 1. The Morgan fingerprint density at radius 2 is 2.29 bits per heavy atom. The van der Waals surface area contributed by atoms with Gasteiger partial charge in [0.15, 0.2) is 0 Å². The average Bonchev–Trinajstić information content (AvgIpc) is 2.43. The van der Waals surface area contributed by atoms with E-state index in [1.54, 1.807) is 0 Å². The molecule has 0 aromatic carbocycles. The molecule has 0 radical (unpaired) electrons. The number of nitrogens with zero attached hydrogens (tertiary/aromatic N) is 2. The Morgan fingerprint density at radius 1 is 1.65 bits per heavy atom. The molecule has 5 heteroatoms. The molecule has 1 saturated heterocycles. The van der Waals surface area contributed by atoms with E-state index < -0.39 is 12.1 Å². The summed E-state index contributed by atoms with van der Waals surface area (Å²) in [5, 5.41) is 0. The van der Waals surface area contributed by atoms with Gasteiger partial charge in [-0.3, -0.25) is 9.69 Å². The SMILES string of the molecule is C=C(C)CN(C)C[C@@H]1C[C@H](F)CN1CC(N)=O. The molecule has 0 unspecified atom stereocenters. The van der Waals surface area contributed by atoms with Crippen molar-refractivity contribution in [3.63, 3.8) is 0 Å². The third-order valence-corrected chi connectivity index (χ3v) is 2.90. The highest BCUT2D eigenvalue weighted by Crippen LogP contribution is 2.20. The maximum Gasteiger partial charge on any atom is 0.231 e. The van der Waals surface area contributed by atoms with E-state index >= 15 is 0 Å². The number of primary amides is 1. The quantitative estimate of drug-likeness (QED) is 0.687. The van der Waals surface area contributed by atoms with Gasteiger partial charge in [0.25, 0.3) is 0 Å². The summed E-state index contributed by atoms with van der Waals surface area (Å²) in [6, 6.07) is 0.0712. The number of carbonyl (C=O) groups is 1. The van der Waals surface area contributed by atoms with Crippen LogP contribution in [0, 0.1) is 0 Å². The first-order valence-electron chi connectivity index (χ1n) is 5.87. The monoisotopic (exact) mass is 243 g/mol. The van der Waals surface area contributed by atoms with Crippen molar-refractivity contribution >= 4 is 5.91 Å². The van der Waals surface area contributed by atoms with Gasteiger partial charge in [0.1, 0.15) is 6.17 Å². The Kier molecular flexibility index (Phi) is 5.08. The second-order valence-corrected chi connectivity index (χ2v) is 5.04. The van der Waals surface area contributed by atoms with Crippen molar-refractivity contribution in [1.82, 2.24) is 9.80 Å². The molecule has 1 rings (SSSR count). The van der Waals surface area contributed by atoms with E-state index in [1.165, 1.54) is 0 Å². The second kappa shape index (κ2) is 6.12. The van der Waals surface area contributed by atoms with Crippen molar-refractivity contribution in [2.75, 3.05) is 33.2 Å². The normalized spacial score (nSPS) is 25.4. The van der Waals surface area contributed by atoms with Gasteiger partial charge in [0, 0.05) is 25.7 Å². The minimum atomic E-state index is -0.849. The van der Waals surface area contributed by atoms with Crippen LogP contribution in [0.15, 0.2) is 12.2 Å². The van der Waals surface area contributed by atoms with Gasteiger partial charge in [0.2, 0.25) is 5.91 Å². The van der Waals surface area contributed by atoms with Gasteiger partial charge in [-0.1, -0.05) is 12.2 Å². The van der Waals surface area contributed by atoms with Crippen LogP contribution in [-0.4, -0.2) is 61.1 Å². The first-order valence-corrected chi connectivity index (χ1v) is 5.87. The molecule has 4 nitrogen and oxygen atoms in total. The molecule has 1 heterocycles. The van der Waals surface area contributed by atoms with Gasteiger partial charge >= 0.3 is 0 Å². The maximum atomic E-state index is 13.4. The largest absolute Gasteiger partial charge is 0.369 e. The third-order valence-electron chi connectivity index (χ3n) is 2.90. The van der Waals surface area contributed by atoms with Gasteiger partial charge in [-0.15, -0.1) is 0 Å². The standard InChI is InChI=1S/C12H22FN3O/c1-9(2)5-15(3)7-11-4-10(13)6-16(11)8-12(14)17/h10-11H,1,4-8H2,2-3H3,(H2,14,17)/t10-,11-/m0/s1. The predicted molar refractivity (Wildman–Crippen MR) is 66.4 cm³/mol. The van der Waals surface area contributed by atoms with Crippen LogP contribution in [0.4, 0.5) is 4.39 Å². The maximum absolute atomic E-state index is 13.4. The highest BCUT2D eigenvalue weighted by atomic mass is 19.1. The minimum Gasteiger partial charge on any atom is -0.369 e. The molecular formula is C12H22FN3O. The zero-order valence-electron chi connectivity index (χ0n) is 10.7. The molecular weight excluding hydrogens is 221 g/mol. The van der Waals surface area contributed by atoms with Crippen molar-refractivity contribution in [2.24, 2.45) is 5.73 Å². The first kappa shape index (κ1) is 14.1. The lowest BCUT2D eigenvalue weighted by Gasteiger charge is -2.27. The zero-order valence-corrected chi connectivity index (χ0v) is 10.7. The molecule has 0 spiro atoms. The van der Waals surface area contributed by atoms with E-state index in [1.807, 2.05) is 18.9 Å². The summed E-state index contributed by atoms with van der Waals surface area (Å²) in [6.45, 7) is 7.80. The third kappa shape index (κ3) is 4.83. The Balaban J connectivity index is 2.49. The molecule has 2 N–H and O–H groups in total. The Labute approximate surface area is 102 Å². The molecule has 0 aliphatic carbocycles. The highest BCUT2D eigenvalue weighted by Gasteiger charge is 2.33. The lowest BCUT2D eigenvalue weighted by atomic mass is 10.2. The van der Waals surface area contributed by atoms with Gasteiger partial charge in [-0.25, -0.2) is 4.39 Å². The summed E-state index contributed by atoms with van der Waals surface area (Å²) < 4.78 is 13.4. The summed E-state index contributed by atoms with van der Waals surface area (Å²) in [7, 11) is 1.97. The lowest BCUT2D eigenvalue weighted by Crippen LogP contribution is -2.43. The number of carbonyl (C=O) groups excluding carboxylic acids is 1. The molecule has 1 fully saturated rings. The summed E-state index contributed by atoms with van der Waals surface area (Å²) >= 11 is 0. The molecule has 1 aliphatic rings. The summed E-state index contributed by atoms with van der Waals surface area (Å²) in [5.41, 5.74) is 6.23. The van der Waals surface area contributed by atoms with Crippen molar-refractivity contribution in [1.29, 1.82) is 0 Å². The second-order valence-electron chi connectivity index (χ2n) is 5.04. The number of hydrogen-bond donors (Lipinski definition) is 1. The van der Waals surface area contributed by atoms with Crippen molar-refractivity contribution in [2.45, 2.75) is 25.6 Å². The Hall–Kier alpha value is -0.940. The molecule has 0 bridgehead atoms. The topological polar surface area (TPSA) is 49.6 Å². The fourth-order valence-electron chi connectivity index (χ4n) is 2.39. The fraction of sp³-hybridized carbons (Fsp3) is 0.750. The van der Waals surface area contributed by atoms with Crippen LogP contribution in [0.3, 0.4) is 0 Å². The summed E-state index contributed by atoms with van der Waals surface area (Å²) in [6.07, 6.45) is -0.369. The molecule has 0 aromatic heterocycles. The zero-order chi connectivity index (χ0) is 13.0. The van der Waals surface area contributed by atoms with Gasteiger partial charge < -0.3 is 10.6 Å². The number of nitrogens with two attached hydrogens (primary N) is 1. The summed E-state index contributed by atoms with van der Waals surface area (Å²) in [4.78, 5) is 14.8. The van der Waals surface area contributed by atoms with Crippen LogP contribution in [-0.2, 0) is 4.79 Å². The van der Waals surface area contributed by atoms with Crippen LogP contribution in [0.1, 0.15) is 13.3 Å². The molecule has 1 aliphatic heterocycles. The average molecular weight is 243 g/mol. The Morgan fingerprint density at radius 3 is 2.82 bits per heavy atom. The van der Waals surface area contributed by atoms with Crippen LogP contribution in [0.5, 0.6) is 0 Å².